The van der Waals surface area contributed by atoms with Crippen molar-refractivity contribution in [1.82, 2.24) is 9.13 Å². The number of nitrogens with zero attached hydrogens (tertiary/aromatic N) is 2. The lowest BCUT2D eigenvalue weighted by molar-refractivity contribution is 0.279. The predicted molar refractivity (Wildman–Crippen MR) is 112 cm³/mol. The van der Waals surface area contributed by atoms with Gasteiger partial charge in [0, 0.05) is 23.3 Å². The van der Waals surface area contributed by atoms with E-state index in [1.165, 1.54) is 0 Å². The van der Waals surface area contributed by atoms with E-state index in [0.717, 1.165) is 16.9 Å². The van der Waals surface area contributed by atoms with Crippen LogP contribution in [0, 0.1) is 0 Å². The Kier molecular flexibility index (Phi) is 4.61. The molecule has 0 radical (unpaired) electrons. The summed E-state index contributed by atoms with van der Waals surface area (Å²) < 4.78 is 3.50. The first-order valence-electron chi connectivity index (χ1n) is 9.42. The van der Waals surface area contributed by atoms with Crippen LogP contribution in [0.1, 0.15) is 25.5 Å². The van der Waals surface area contributed by atoms with Crippen molar-refractivity contribution in [2.75, 3.05) is 6.61 Å². The van der Waals surface area contributed by atoms with Crippen LogP contribution < -0.4 is 11.0 Å². The molecule has 5 nitrogen and oxygen atoms in total. The molecule has 2 aromatic carbocycles. The van der Waals surface area contributed by atoms with Gasteiger partial charge >= 0.3 is 0 Å². The summed E-state index contributed by atoms with van der Waals surface area (Å²) in [5, 5.41) is 10.2. The molecule has 4 rings (SSSR count). The number of rotatable bonds is 4. The van der Waals surface area contributed by atoms with Crippen LogP contribution in [-0.2, 0) is 6.54 Å². The summed E-state index contributed by atoms with van der Waals surface area (Å²) in [5.41, 5.74) is 2.25. The molecule has 28 heavy (non-hydrogen) atoms. The highest BCUT2D eigenvalue weighted by Crippen LogP contribution is 2.24. The number of aromatic nitrogens is 2. The van der Waals surface area contributed by atoms with Gasteiger partial charge in [0.1, 0.15) is 5.39 Å². The highest BCUT2D eigenvalue weighted by atomic mass is 16.3. The van der Waals surface area contributed by atoms with Crippen LogP contribution in [0.5, 0.6) is 0 Å². The van der Waals surface area contributed by atoms with Crippen LogP contribution in [0.15, 0.2) is 70.3 Å². The van der Waals surface area contributed by atoms with Gasteiger partial charge in [-0.2, -0.15) is 0 Å². The Morgan fingerprint density at radius 3 is 2.29 bits per heavy atom. The van der Waals surface area contributed by atoms with Crippen LogP contribution in [0.3, 0.4) is 0 Å². The number of fused-ring (bicyclic) bond motifs is 2. The molecule has 4 aromatic rings. The Hall–Kier alpha value is -3.18. The van der Waals surface area contributed by atoms with E-state index in [1.54, 1.807) is 16.7 Å². The molecule has 1 N–H and O–H groups in total. The first kappa shape index (κ1) is 18.2. The van der Waals surface area contributed by atoms with Crippen LogP contribution >= 0.6 is 0 Å². The van der Waals surface area contributed by atoms with E-state index >= 15 is 0 Å². The van der Waals surface area contributed by atoms with Crippen LogP contribution in [0.2, 0.25) is 0 Å². The maximum Gasteiger partial charge on any atom is 0.268 e. The summed E-state index contributed by atoms with van der Waals surface area (Å²) in [4.78, 5) is 26.8. The third-order valence-electron chi connectivity index (χ3n) is 5.10. The van der Waals surface area contributed by atoms with E-state index < -0.39 is 0 Å². The van der Waals surface area contributed by atoms with E-state index in [4.69, 9.17) is 0 Å². The SMILES string of the molecule is CC(C)c1cc2c(c(=O)c3ccccc3n2CCO)c(=O)n1-c1ccccc1. The number of hydrogen-bond donors (Lipinski definition) is 1. The molecule has 0 aliphatic heterocycles. The topological polar surface area (TPSA) is 64.2 Å². The zero-order chi connectivity index (χ0) is 19.8. The molecular weight excluding hydrogens is 352 g/mol. The van der Waals surface area contributed by atoms with Gasteiger partial charge in [-0.25, -0.2) is 0 Å². The summed E-state index contributed by atoms with van der Waals surface area (Å²) in [6.07, 6.45) is 0. The fourth-order valence-corrected chi connectivity index (χ4v) is 3.82. The van der Waals surface area contributed by atoms with Crippen molar-refractivity contribution in [1.29, 1.82) is 0 Å². The smallest absolute Gasteiger partial charge is 0.268 e. The minimum Gasteiger partial charge on any atom is -0.395 e. The highest BCUT2D eigenvalue weighted by molar-refractivity contribution is 5.93. The second-order valence-corrected chi connectivity index (χ2v) is 7.18. The number of benzene rings is 2. The summed E-state index contributed by atoms with van der Waals surface area (Å²) in [5.74, 6) is 0.0708. The lowest BCUT2D eigenvalue weighted by Crippen LogP contribution is -2.29. The maximum atomic E-state index is 13.6. The quantitative estimate of drug-likeness (QED) is 0.557. The minimum atomic E-state index is -0.324. The van der Waals surface area contributed by atoms with Gasteiger partial charge in [0.2, 0.25) is 5.43 Å². The van der Waals surface area contributed by atoms with Crippen LogP contribution in [-0.4, -0.2) is 20.8 Å². The number of aliphatic hydroxyl groups is 1. The Morgan fingerprint density at radius 2 is 1.61 bits per heavy atom. The van der Waals surface area contributed by atoms with Gasteiger partial charge in [-0.1, -0.05) is 44.2 Å². The molecule has 0 atom stereocenters. The standard InChI is InChI=1S/C23H22N2O3/c1-15(2)19-14-20-21(23(28)25(19)16-8-4-3-5-9-16)22(27)17-10-6-7-11-18(17)24(20)12-13-26/h3-11,14-15,26H,12-13H2,1-2H3. The monoisotopic (exact) mass is 374 g/mol. The highest BCUT2D eigenvalue weighted by Gasteiger charge is 2.19. The second kappa shape index (κ2) is 7.09. The molecule has 142 valence electrons. The third kappa shape index (κ3) is 2.75. The number of aliphatic hydroxyl groups excluding tert-OH is 1. The average Bonchev–Trinajstić information content (AvgIpc) is 2.71. The van der Waals surface area contributed by atoms with Crippen LogP contribution in [0.4, 0.5) is 0 Å². The largest absolute Gasteiger partial charge is 0.395 e. The molecule has 5 heteroatoms. The Labute approximate surface area is 162 Å². The molecule has 0 spiro atoms. The zero-order valence-electron chi connectivity index (χ0n) is 15.9. The van der Waals surface area contributed by atoms with Gasteiger partial charge in [0.15, 0.2) is 0 Å². The molecule has 0 unspecified atom stereocenters. The Morgan fingerprint density at radius 1 is 0.929 bits per heavy atom. The first-order valence-corrected chi connectivity index (χ1v) is 9.42. The van der Waals surface area contributed by atoms with E-state index in [2.05, 4.69) is 0 Å². The van der Waals surface area contributed by atoms with Crippen molar-refractivity contribution < 1.29 is 5.11 Å². The average molecular weight is 374 g/mol. The zero-order valence-corrected chi connectivity index (χ0v) is 15.9. The fourth-order valence-electron chi connectivity index (χ4n) is 3.82. The van der Waals surface area contributed by atoms with E-state index in [9.17, 15) is 14.7 Å². The van der Waals surface area contributed by atoms with Crippen molar-refractivity contribution in [2.24, 2.45) is 0 Å². The first-order chi connectivity index (χ1) is 13.5. The summed E-state index contributed by atoms with van der Waals surface area (Å²) in [6.45, 7) is 4.27. The lowest BCUT2D eigenvalue weighted by Gasteiger charge is -2.20. The Bertz CT molecular complexity index is 1280. The number of para-hydroxylation sites is 2. The van der Waals surface area contributed by atoms with E-state index in [0.29, 0.717) is 17.4 Å². The lowest BCUT2D eigenvalue weighted by atomic mass is 10.0. The van der Waals surface area contributed by atoms with E-state index in [-0.39, 0.29) is 28.9 Å². The van der Waals surface area contributed by atoms with Crippen molar-refractivity contribution in [2.45, 2.75) is 26.3 Å². The molecule has 0 fully saturated rings. The molecular formula is C23H22N2O3. The van der Waals surface area contributed by atoms with Crippen molar-refractivity contribution >= 4 is 21.8 Å². The summed E-state index contributed by atoms with van der Waals surface area (Å²) in [6, 6.07) is 18.5. The molecule has 2 aromatic heterocycles. The van der Waals surface area contributed by atoms with Gasteiger partial charge in [-0.3, -0.25) is 14.2 Å². The minimum absolute atomic E-state index is 0.0708. The van der Waals surface area contributed by atoms with Gasteiger partial charge in [-0.05, 0) is 36.2 Å². The number of hydrogen-bond acceptors (Lipinski definition) is 3. The van der Waals surface area contributed by atoms with E-state index in [1.807, 2.05) is 66.9 Å². The fraction of sp³-hybridized carbons (Fsp3) is 0.217. The molecule has 0 aliphatic rings. The Balaban J connectivity index is 2.26. The molecule has 0 aliphatic carbocycles. The predicted octanol–water partition coefficient (Wildman–Crippen LogP) is 3.42. The molecule has 0 amide bonds. The summed E-state index contributed by atoms with van der Waals surface area (Å²) >= 11 is 0. The van der Waals surface area contributed by atoms with Crippen molar-refractivity contribution in [3.63, 3.8) is 0 Å². The maximum absolute atomic E-state index is 13.6. The second-order valence-electron chi connectivity index (χ2n) is 7.18. The molecule has 2 heterocycles. The van der Waals surface area contributed by atoms with Crippen molar-refractivity contribution in [3.8, 4) is 5.69 Å². The van der Waals surface area contributed by atoms with Gasteiger partial charge in [0.25, 0.3) is 5.56 Å². The van der Waals surface area contributed by atoms with Gasteiger partial charge < -0.3 is 9.67 Å². The molecule has 0 saturated heterocycles. The third-order valence-corrected chi connectivity index (χ3v) is 5.10. The molecule has 0 saturated carbocycles. The molecule has 0 bridgehead atoms. The van der Waals surface area contributed by atoms with Crippen molar-refractivity contribution in [3.05, 3.63) is 86.9 Å². The van der Waals surface area contributed by atoms with Gasteiger partial charge in [0.05, 0.1) is 17.6 Å². The normalized spacial score (nSPS) is 11.6. The van der Waals surface area contributed by atoms with Crippen LogP contribution in [0.25, 0.3) is 27.5 Å². The van der Waals surface area contributed by atoms with Gasteiger partial charge in [-0.15, -0.1) is 0 Å². The number of pyridine rings is 2. The summed E-state index contributed by atoms with van der Waals surface area (Å²) in [7, 11) is 0.